The normalized spacial score (nSPS) is 8.11. The van der Waals surface area contributed by atoms with Gasteiger partial charge < -0.3 is 7.16 Å². The molecule has 9 heavy (non-hydrogen) atoms. The molecule has 0 saturated carbocycles. The minimum absolute atomic E-state index is 0. The molecule has 0 atom stereocenters. The van der Waals surface area contributed by atoms with E-state index in [9.17, 15) is 0 Å². The molecule has 0 heterocycles. The van der Waals surface area contributed by atoms with Crippen molar-refractivity contribution in [1.82, 2.24) is 0 Å². The van der Waals surface area contributed by atoms with Crippen LogP contribution in [0.15, 0.2) is 29.2 Å². The summed E-state index contributed by atoms with van der Waals surface area (Å²) in [5.74, 6) is 0. The Kier molecular flexibility index (Phi) is 4.40. The van der Waals surface area contributed by atoms with E-state index in [1.54, 1.807) is 0 Å². The average molecular weight is 149 g/mol. The minimum atomic E-state index is 0. The summed E-state index contributed by atoms with van der Waals surface area (Å²) in [5.41, 5.74) is 6.17. The molecule has 0 aliphatic heterocycles. The first-order valence-electron chi connectivity index (χ1n) is 2.33. The zero-order valence-electron chi connectivity index (χ0n) is 6.33. The molecule has 0 radical (unpaired) electrons. The van der Waals surface area contributed by atoms with Gasteiger partial charge in [-0.25, -0.2) is 0 Å². The van der Waals surface area contributed by atoms with E-state index < -0.39 is 0 Å². The second kappa shape index (κ2) is 4.23. The molecule has 0 amide bonds. The molecule has 0 saturated heterocycles. The molecule has 0 aliphatic carbocycles. The number of hydrogen-bond acceptors (Lipinski definition) is 2. The molecular weight excluding hydrogens is 141 g/mol. The van der Waals surface area contributed by atoms with Crippen LogP contribution >= 0.6 is 12.6 Å². The summed E-state index contributed by atoms with van der Waals surface area (Å²) in [6.45, 7) is 0. The monoisotopic (exact) mass is 149 g/mol. The Bertz CT molecular complexity index is 157. The molecule has 1 nitrogen and oxygen atoms in total. The van der Waals surface area contributed by atoms with Crippen molar-refractivity contribution in [3.8, 4) is 0 Å². The molecule has 3 heteroatoms. The van der Waals surface area contributed by atoms with Crippen molar-refractivity contribution in [2.45, 2.75) is 4.90 Å². The molecule has 2 N–H and O–H groups in total. The van der Waals surface area contributed by atoms with Crippen LogP contribution in [0.3, 0.4) is 0 Å². The Morgan fingerprint density at radius 2 is 1.67 bits per heavy atom. The number of benzene rings is 1. The molecule has 0 fully saturated rings. The van der Waals surface area contributed by atoms with Crippen molar-refractivity contribution in [1.29, 1.82) is 0 Å². The largest absolute Gasteiger partial charge is 1.00 e. The Morgan fingerprint density at radius 3 is 2.00 bits per heavy atom. The number of rotatable bonds is 0. The van der Waals surface area contributed by atoms with Crippen molar-refractivity contribution in [2.24, 2.45) is 0 Å². The van der Waals surface area contributed by atoms with Crippen LogP contribution in [0.4, 0.5) is 5.69 Å². The second-order valence-corrected chi connectivity index (χ2v) is 2.11. The SMILES string of the molecule is Nc1ccc(S)cc1.[H-].[Na+]. The van der Waals surface area contributed by atoms with Crippen molar-refractivity contribution < 1.29 is 31.0 Å². The zero-order valence-corrected chi connectivity index (χ0v) is 8.23. The van der Waals surface area contributed by atoms with Gasteiger partial charge in [-0.2, -0.15) is 0 Å². The van der Waals surface area contributed by atoms with Gasteiger partial charge in [0.25, 0.3) is 0 Å². The predicted molar refractivity (Wildman–Crippen MR) is 39.2 cm³/mol. The van der Waals surface area contributed by atoms with Crippen LogP contribution in [0.5, 0.6) is 0 Å². The fourth-order valence-electron chi connectivity index (χ4n) is 0.474. The molecule has 0 aromatic heterocycles. The second-order valence-electron chi connectivity index (χ2n) is 1.59. The van der Waals surface area contributed by atoms with Crippen LogP contribution in [0, 0.1) is 0 Å². The fourth-order valence-corrected chi connectivity index (χ4v) is 0.623. The van der Waals surface area contributed by atoms with Gasteiger partial charge in [0, 0.05) is 10.6 Å². The minimum Gasteiger partial charge on any atom is -1.00 e. The van der Waals surface area contributed by atoms with E-state index in [0.717, 1.165) is 10.6 Å². The maximum atomic E-state index is 5.39. The first kappa shape index (κ1) is 9.37. The van der Waals surface area contributed by atoms with Crippen LogP contribution in [0.2, 0.25) is 0 Å². The van der Waals surface area contributed by atoms with Gasteiger partial charge in [0.05, 0.1) is 0 Å². The van der Waals surface area contributed by atoms with E-state index in [4.69, 9.17) is 5.73 Å². The maximum absolute atomic E-state index is 5.39. The topological polar surface area (TPSA) is 26.0 Å². The van der Waals surface area contributed by atoms with Gasteiger partial charge in [-0.05, 0) is 24.3 Å². The molecular formula is C6H8NNaS. The third-order valence-corrected chi connectivity index (χ3v) is 1.19. The van der Waals surface area contributed by atoms with Crippen LogP contribution in [0.1, 0.15) is 1.43 Å². The van der Waals surface area contributed by atoms with Gasteiger partial charge >= 0.3 is 29.6 Å². The summed E-state index contributed by atoms with van der Waals surface area (Å²) in [7, 11) is 0. The number of anilines is 1. The van der Waals surface area contributed by atoms with E-state index in [-0.39, 0.29) is 31.0 Å². The van der Waals surface area contributed by atoms with E-state index in [1.165, 1.54) is 0 Å². The third-order valence-electron chi connectivity index (χ3n) is 0.893. The predicted octanol–water partition coefficient (Wildman–Crippen LogP) is -1.33. The first-order chi connectivity index (χ1) is 3.79. The van der Waals surface area contributed by atoms with Gasteiger partial charge in [0.2, 0.25) is 0 Å². The van der Waals surface area contributed by atoms with Crippen LogP contribution in [0.25, 0.3) is 0 Å². The molecule has 0 unspecified atom stereocenters. The third kappa shape index (κ3) is 3.16. The standard InChI is InChI=1S/C6H7NS.Na.H/c7-5-1-3-6(8)4-2-5;;/h1-4,8H,7H2;;/q;+1;-1. The number of hydrogen-bond donors (Lipinski definition) is 2. The smallest absolute Gasteiger partial charge is 1.00 e. The van der Waals surface area contributed by atoms with Gasteiger partial charge in [-0.3, -0.25) is 0 Å². The molecule has 0 spiro atoms. The van der Waals surface area contributed by atoms with Gasteiger partial charge in [0.15, 0.2) is 0 Å². The first-order valence-corrected chi connectivity index (χ1v) is 2.78. The summed E-state index contributed by atoms with van der Waals surface area (Å²) in [6, 6.07) is 7.36. The van der Waals surface area contributed by atoms with Crippen LogP contribution in [-0.2, 0) is 0 Å². The number of nitrogens with two attached hydrogens (primary N) is 1. The van der Waals surface area contributed by atoms with E-state index in [2.05, 4.69) is 12.6 Å². The van der Waals surface area contributed by atoms with Crippen molar-refractivity contribution in [3.05, 3.63) is 24.3 Å². The average Bonchev–Trinajstić information content (AvgIpc) is 1.77. The van der Waals surface area contributed by atoms with Crippen molar-refractivity contribution in [3.63, 3.8) is 0 Å². The Balaban J connectivity index is 0. The fraction of sp³-hybridized carbons (Fsp3) is 0. The van der Waals surface area contributed by atoms with Crippen LogP contribution < -0.4 is 35.3 Å². The van der Waals surface area contributed by atoms with E-state index in [0.29, 0.717) is 0 Å². The van der Waals surface area contributed by atoms with E-state index >= 15 is 0 Å². The maximum Gasteiger partial charge on any atom is 1.00 e. The number of thiol groups is 1. The molecule has 1 aromatic rings. The Morgan fingerprint density at radius 1 is 1.22 bits per heavy atom. The molecule has 44 valence electrons. The Labute approximate surface area is 83.8 Å². The molecule has 1 rings (SSSR count). The van der Waals surface area contributed by atoms with Gasteiger partial charge in [0.1, 0.15) is 0 Å². The van der Waals surface area contributed by atoms with Crippen LogP contribution in [-0.4, -0.2) is 0 Å². The quantitative estimate of drug-likeness (QED) is 0.267. The van der Waals surface area contributed by atoms with Crippen molar-refractivity contribution in [2.75, 3.05) is 5.73 Å². The van der Waals surface area contributed by atoms with E-state index in [1.807, 2.05) is 24.3 Å². The number of nitrogen functional groups attached to an aromatic ring is 1. The Hall–Kier alpha value is 0.370. The molecule has 0 aliphatic rings. The van der Waals surface area contributed by atoms with Gasteiger partial charge in [-0.15, -0.1) is 12.6 Å². The summed E-state index contributed by atoms with van der Waals surface area (Å²) >= 11 is 4.08. The zero-order chi connectivity index (χ0) is 5.98. The summed E-state index contributed by atoms with van der Waals surface area (Å²) in [5, 5.41) is 0. The summed E-state index contributed by atoms with van der Waals surface area (Å²) < 4.78 is 0. The summed E-state index contributed by atoms with van der Waals surface area (Å²) in [4.78, 5) is 0.944. The van der Waals surface area contributed by atoms with Crippen molar-refractivity contribution >= 4 is 18.3 Å². The van der Waals surface area contributed by atoms with Gasteiger partial charge in [-0.1, -0.05) is 0 Å². The molecule has 0 bridgehead atoms. The molecule has 1 aromatic carbocycles. The summed E-state index contributed by atoms with van der Waals surface area (Å²) in [6.07, 6.45) is 0.